The van der Waals surface area contributed by atoms with Crippen molar-refractivity contribution in [1.82, 2.24) is 4.98 Å². The quantitative estimate of drug-likeness (QED) is 0.366. The lowest BCUT2D eigenvalue weighted by atomic mass is 9.91. The number of carbonyl (C=O) groups is 1. The van der Waals surface area contributed by atoms with Crippen LogP contribution in [0.15, 0.2) is 48.7 Å². The second-order valence-corrected chi connectivity index (χ2v) is 12.9. The standard InChI is InChI=1S/C30H33NO5S/c1-18-11-20(7-4-5-10-37(3,34)35)12-19(2)27(18)22-9-6-8-21(13-22)17-36-26-15-23-14-24-28(25(23)16-31-26)29(24)30(32)33/h6,8-9,11-13,15-16,24,28-29H,4-5,7,10,14,17H2,1-3H3,(H,32,33). The number of hydrogen-bond acceptors (Lipinski definition) is 5. The van der Waals surface area contributed by atoms with Gasteiger partial charge in [-0.15, -0.1) is 0 Å². The van der Waals surface area contributed by atoms with E-state index in [1.165, 1.54) is 28.5 Å². The van der Waals surface area contributed by atoms with Gasteiger partial charge in [-0.3, -0.25) is 4.79 Å². The van der Waals surface area contributed by atoms with Crippen molar-refractivity contribution in [3.05, 3.63) is 82.0 Å². The Morgan fingerprint density at radius 1 is 1.08 bits per heavy atom. The van der Waals surface area contributed by atoms with E-state index in [0.717, 1.165) is 41.5 Å². The molecule has 194 valence electrons. The largest absolute Gasteiger partial charge is 0.481 e. The predicted octanol–water partition coefficient (Wildman–Crippen LogP) is 5.28. The van der Waals surface area contributed by atoms with E-state index < -0.39 is 15.8 Å². The molecule has 0 radical (unpaired) electrons. The van der Waals surface area contributed by atoms with Crippen LogP contribution in [0.4, 0.5) is 0 Å². The number of aryl methyl sites for hydroxylation is 3. The van der Waals surface area contributed by atoms with Gasteiger partial charge < -0.3 is 9.84 Å². The van der Waals surface area contributed by atoms with Crippen molar-refractivity contribution >= 4 is 15.8 Å². The van der Waals surface area contributed by atoms with Crippen molar-refractivity contribution in [3.63, 3.8) is 0 Å². The van der Waals surface area contributed by atoms with E-state index in [1.807, 2.05) is 18.2 Å². The van der Waals surface area contributed by atoms with E-state index in [2.05, 4.69) is 43.1 Å². The lowest BCUT2D eigenvalue weighted by Crippen LogP contribution is -2.06. The number of carboxylic acid groups (broad SMARTS) is 1. The number of benzene rings is 2. The minimum Gasteiger partial charge on any atom is -0.481 e. The third-order valence-corrected chi connectivity index (χ3v) is 8.72. The van der Waals surface area contributed by atoms with Crippen molar-refractivity contribution in [2.75, 3.05) is 12.0 Å². The Hall–Kier alpha value is -3.19. The van der Waals surface area contributed by atoms with Gasteiger partial charge in [-0.05, 0) is 96.0 Å². The van der Waals surface area contributed by atoms with Crippen molar-refractivity contribution < 1.29 is 23.1 Å². The van der Waals surface area contributed by atoms with E-state index >= 15 is 0 Å². The number of pyridine rings is 1. The molecule has 0 spiro atoms. The molecule has 1 saturated carbocycles. The molecule has 1 fully saturated rings. The highest BCUT2D eigenvalue weighted by molar-refractivity contribution is 7.90. The van der Waals surface area contributed by atoms with E-state index in [1.54, 1.807) is 6.20 Å². The molecule has 1 N–H and O–H groups in total. The van der Waals surface area contributed by atoms with Gasteiger partial charge in [0.2, 0.25) is 5.88 Å². The third kappa shape index (κ3) is 5.57. The number of sulfone groups is 1. The highest BCUT2D eigenvalue weighted by Crippen LogP contribution is 2.61. The number of aliphatic carboxylic acids is 1. The van der Waals surface area contributed by atoms with E-state index in [9.17, 15) is 18.3 Å². The molecule has 6 nitrogen and oxygen atoms in total. The maximum Gasteiger partial charge on any atom is 0.307 e. The molecule has 0 amide bonds. The second kappa shape index (κ2) is 9.93. The van der Waals surface area contributed by atoms with Crippen molar-refractivity contribution in [3.8, 4) is 17.0 Å². The van der Waals surface area contributed by atoms with Crippen molar-refractivity contribution in [2.45, 2.75) is 52.1 Å². The molecule has 1 heterocycles. The van der Waals surface area contributed by atoms with Crippen LogP contribution < -0.4 is 4.74 Å². The summed E-state index contributed by atoms with van der Waals surface area (Å²) in [5.74, 6) is 0.202. The van der Waals surface area contributed by atoms with Gasteiger partial charge in [-0.2, -0.15) is 0 Å². The Bertz CT molecular complexity index is 1440. The minimum absolute atomic E-state index is 0.121. The number of ether oxygens (including phenoxy) is 1. The topological polar surface area (TPSA) is 93.6 Å². The number of carboxylic acids is 1. The van der Waals surface area contributed by atoms with Gasteiger partial charge in [-0.25, -0.2) is 13.4 Å². The van der Waals surface area contributed by atoms with Crippen LogP contribution in [0, 0.1) is 25.7 Å². The Labute approximate surface area is 218 Å². The van der Waals surface area contributed by atoms with Gasteiger partial charge in [0.1, 0.15) is 16.4 Å². The molecular weight excluding hydrogens is 486 g/mol. The first-order valence-electron chi connectivity index (χ1n) is 12.8. The van der Waals surface area contributed by atoms with Gasteiger partial charge in [0, 0.05) is 30.2 Å². The molecular formula is C30H33NO5S. The number of fused-ring (bicyclic) bond motifs is 3. The summed E-state index contributed by atoms with van der Waals surface area (Å²) in [6, 6.07) is 14.7. The van der Waals surface area contributed by atoms with Gasteiger partial charge in [0.15, 0.2) is 0 Å². The molecule has 3 aromatic rings. The molecule has 3 atom stereocenters. The first-order chi connectivity index (χ1) is 17.6. The lowest BCUT2D eigenvalue weighted by molar-refractivity contribution is -0.139. The molecule has 1 aromatic heterocycles. The summed E-state index contributed by atoms with van der Waals surface area (Å²) in [5, 5.41) is 9.31. The molecule has 0 saturated heterocycles. The van der Waals surface area contributed by atoms with Crippen LogP contribution in [0.25, 0.3) is 11.1 Å². The van der Waals surface area contributed by atoms with E-state index in [-0.39, 0.29) is 23.5 Å². The molecule has 0 bridgehead atoms. The van der Waals surface area contributed by atoms with Crippen molar-refractivity contribution in [1.29, 1.82) is 0 Å². The summed E-state index contributed by atoms with van der Waals surface area (Å²) < 4.78 is 28.8. The summed E-state index contributed by atoms with van der Waals surface area (Å²) >= 11 is 0. The number of nitrogens with zero attached hydrogens (tertiary/aromatic N) is 1. The van der Waals surface area contributed by atoms with Crippen LogP contribution in [0.1, 0.15) is 52.1 Å². The maximum atomic E-state index is 11.4. The summed E-state index contributed by atoms with van der Waals surface area (Å²) in [6.07, 6.45) is 6.29. The van der Waals surface area contributed by atoms with Crippen LogP contribution in [0.5, 0.6) is 5.88 Å². The van der Waals surface area contributed by atoms with Gasteiger partial charge in [0.05, 0.1) is 5.92 Å². The van der Waals surface area contributed by atoms with Gasteiger partial charge in [-0.1, -0.05) is 30.3 Å². The van der Waals surface area contributed by atoms with Gasteiger partial charge in [0.25, 0.3) is 0 Å². The number of hydrogen-bond donors (Lipinski definition) is 1. The van der Waals surface area contributed by atoms with Crippen LogP contribution >= 0.6 is 0 Å². The van der Waals surface area contributed by atoms with Crippen LogP contribution in [0.2, 0.25) is 0 Å². The van der Waals surface area contributed by atoms with E-state index in [0.29, 0.717) is 18.9 Å². The average Bonchev–Trinajstić information content (AvgIpc) is 3.42. The Kier molecular flexibility index (Phi) is 6.84. The molecule has 2 aromatic carbocycles. The molecule has 3 unspecified atom stereocenters. The third-order valence-electron chi connectivity index (χ3n) is 7.69. The molecule has 0 aliphatic heterocycles. The Balaban J connectivity index is 1.23. The minimum atomic E-state index is -2.91. The summed E-state index contributed by atoms with van der Waals surface area (Å²) in [6.45, 7) is 4.65. The second-order valence-electron chi connectivity index (χ2n) is 10.7. The van der Waals surface area contributed by atoms with Crippen LogP contribution in [-0.4, -0.2) is 36.5 Å². The Morgan fingerprint density at radius 2 is 1.84 bits per heavy atom. The smallest absolute Gasteiger partial charge is 0.307 e. The molecule has 7 heteroatoms. The maximum absolute atomic E-state index is 11.4. The first kappa shape index (κ1) is 25.5. The molecule has 37 heavy (non-hydrogen) atoms. The lowest BCUT2D eigenvalue weighted by Gasteiger charge is -2.15. The molecule has 5 rings (SSSR count). The number of rotatable bonds is 10. The SMILES string of the molecule is Cc1cc(CCCCS(C)(=O)=O)cc(C)c1-c1cccc(COc2cc3c(cn2)C2C(C3)C2C(=O)O)c1. The van der Waals surface area contributed by atoms with Crippen LogP contribution in [-0.2, 0) is 34.1 Å². The normalized spacial score (nSPS) is 19.8. The number of unbranched alkanes of at least 4 members (excludes halogenated alkanes) is 1. The fraction of sp³-hybridized carbons (Fsp3) is 0.400. The van der Waals surface area contributed by atoms with Crippen LogP contribution in [0.3, 0.4) is 0 Å². The zero-order chi connectivity index (χ0) is 26.3. The predicted molar refractivity (Wildman–Crippen MR) is 144 cm³/mol. The average molecular weight is 520 g/mol. The molecule has 2 aliphatic carbocycles. The van der Waals surface area contributed by atoms with Crippen molar-refractivity contribution in [2.24, 2.45) is 11.8 Å². The van der Waals surface area contributed by atoms with E-state index in [4.69, 9.17) is 4.74 Å². The zero-order valence-electron chi connectivity index (χ0n) is 21.5. The first-order valence-corrected chi connectivity index (χ1v) is 14.9. The zero-order valence-corrected chi connectivity index (χ0v) is 22.3. The Morgan fingerprint density at radius 3 is 2.54 bits per heavy atom. The highest BCUT2D eigenvalue weighted by atomic mass is 32.2. The summed E-state index contributed by atoms with van der Waals surface area (Å²) in [4.78, 5) is 15.8. The fourth-order valence-electron chi connectivity index (χ4n) is 6.00. The monoisotopic (exact) mass is 519 g/mol. The molecule has 2 aliphatic rings. The van der Waals surface area contributed by atoms with Gasteiger partial charge >= 0.3 is 5.97 Å². The number of aromatic nitrogens is 1. The highest BCUT2D eigenvalue weighted by Gasteiger charge is 2.59. The fourth-order valence-corrected chi connectivity index (χ4v) is 6.73. The summed E-state index contributed by atoms with van der Waals surface area (Å²) in [5.41, 5.74) is 9.28. The summed E-state index contributed by atoms with van der Waals surface area (Å²) in [7, 11) is -2.91.